The molecular weight excluding hydrogens is 260 g/mol. The van der Waals surface area contributed by atoms with Crippen LogP contribution in [0.5, 0.6) is 0 Å². The monoisotopic (exact) mass is 288 g/mol. The van der Waals surface area contributed by atoms with Gasteiger partial charge < -0.3 is 9.80 Å². The van der Waals surface area contributed by atoms with Gasteiger partial charge in [0, 0.05) is 25.7 Å². The fourth-order valence-electron chi connectivity index (χ4n) is 2.42. The van der Waals surface area contributed by atoms with Crippen molar-refractivity contribution in [2.45, 2.75) is 25.4 Å². The van der Waals surface area contributed by atoms with Crippen LogP contribution >= 0.6 is 0 Å². The molecule has 1 N–H and O–H groups in total. The number of nitrogens with zero attached hydrogens (tertiary/aromatic N) is 3. The lowest BCUT2D eigenvalue weighted by atomic mass is 9.90. The second-order valence-corrected chi connectivity index (χ2v) is 6.22. The standard InChI is InChI=1S/C17H28N4/c1-15(2)19-17(13-18,16-9-7-6-8-10-16)14-21(5)12-11-20(3)4/h6-10,15,19H,11-12,14H2,1-5H3. The Kier molecular flexibility index (Phi) is 6.83. The van der Waals surface area contributed by atoms with Gasteiger partial charge in [0.25, 0.3) is 0 Å². The zero-order chi connectivity index (χ0) is 15.9. The van der Waals surface area contributed by atoms with Crippen molar-refractivity contribution >= 4 is 0 Å². The van der Waals surface area contributed by atoms with Crippen molar-refractivity contribution in [3.63, 3.8) is 0 Å². The van der Waals surface area contributed by atoms with Crippen molar-refractivity contribution in [1.82, 2.24) is 15.1 Å². The van der Waals surface area contributed by atoms with E-state index < -0.39 is 5.54 Å². The lowest BCUT2D eigenvalue weighted by molar-refractivity contribution is 0.220. The summed E-state index contributed by atoms with van der Waals surface area (Å²) in [6.07, 6.45) is 0. The summed E-state index contributed by atoms with van der Waals surface area (Å²) >= 11 is 0. The Balaban J connectivity index is 2.94. The van der Waals surface area contributed by atoms with Crippen LogP contribution in [0, 0.1) is 11.3 Å². The summed E-state index contributed by atoms with van der Waals surface area (Å²) in [4.78, 5) is 4.37. The predicted molar refractivity (Wildman–Crippen MR) is 88.1 cm³/mol. The summed E-state index contributed by atoms with van der Waals surface area (Å²) in [6.45, 7) is 6.74. The van der Waals surface area contributed by atoms with E-state index in [0.29, 0.717) is 6.54 Å². The van der Waals surface area contributed by atoms with E-state index in [-0.39, 0.29) is 6.04 Å². The molecule has 1 rings (SSSR count). The maximum absolute atomic E-state index is 9.86. The van der Waals surface area contributed by atoms with Crippen LogP contribution in [-0.4, -0.2) is 56.6 Å². The Bertz CT molecular complexity index is 450. The number of hydrogen-bond acceptors (Lipinski definition) is 4. The molecule has 21 heavy (non-hydrogen) atoms. The van der Waals surface area contributed by atoms with Crippen LogP contribution in [0.4, 0.5) is 0 Å². The minimum atomic E-state index is -0.670. The number of nitriles is 1. The van der Waals surface area contributed by atoms with Crippen molar-refractivity contribution in [2.24, 2.45) is 0 Å². The first kappa shape index (κ1) is 17.6. The second kappa shape index (κ2) is 8.14. The first-order chi connectivity index (χ1) is 9.89. The second-order valence-electron chi connectivity index (χ2n) is 6.22. The van der Waals surface area contributed by atoms with Gasteiger partial charge in [0.2, 0.25) is 0 Å². The minimum Gasteiger partial charge on any atom is -0.308 e. The summed E-state index contributed by atoms with van der Waals surface area (Å²) in [5, 5.41) is 13.3. The summed E-state index contributed by atoms with van der Waals surface area (Å²) in [6, 6.07) is 12.8. The SMILES string of the molecule is CC(C)NC(C#N)(CN(C)CCN(C)C)c1ccccc1. The average Bonchev–Trinajstić information content (AvgIpc) is 2.44. The van der Waals surface area contributed by atoms with E-state index >= 15 is 0 Å². The molecule has 0 bridgehead atoms. The first-order valence-corrected chi connectivity index (χ1v) is 7.47. The molecule has 0 aliphatic rings. The molecule has 1 aromatic rings. The Morgan fingerprint density at radius 2 is 1.76 bits per heavy atom. The number of rotatable bonds is 8. The number of likely N-dealkylation sites (N-methyl/N-ethyl adjacent to an activating group) is 2. The zero-order valence-electron chi connectivity index (χ0n) is 13.9. The molecule has 0 spiro atoms. The number of nitrogens with one attached hydrogen (secondary N) is 1. The molecule has 0 aromatic heterocycles. The minimum absolute atomic E-state index is 0.243. The molecule has 0 saturated heterocycles. The zero-order valence-corrected chi connectivity index (χ0v) is 13.9. The Labute approximate surface area is 129 Å². The summed E-state index contributed by atoms with van der Waals surface area (Å²) < 4.78 is 0. The van der Waals surface area contributed by atoms with Crippen LogP contribution in [0.1, 0.15) is 19.4 Å². The third kappa shape index (κ3) is 5.47. The van der Waals surface area contributed by atoms with Crippen molar-refractivity contribution in [2.75, 3.05) is 40.8 Å². The van der Waals surface area contributed by atoms with Crippen LogP contribution in [0.15, 0.2) is 30.3 Å². The van der Waals surface area contributed by atoms with Gasteiger partial charge in [-0.1, -0.05) is 30.3 Å². The fourth-order valence-corrected chi connectivity index (χ4v) is 2.42. The molecule has 0 aliphatic heterocycles. The maximum Gasteiger partial charge on any atom is 0.145 e. The van der Waals surface area contributed by atoms with Gasteiger partial charge in [-0.2, -0.15) is 5.26 Å². The highest BCUT2D eigenvalue weighted by Crippen LogP contribution is 2.22. The van der Waals surface area contributed by atoms with Gasteiger partial charge in [-0.05, 0) is 40.6 Å². The lowest BCUT2D eigenvalue weighted by Crippen LogP contribution is -2.52. The van der Waals surface area contributed by atoms with Gasteiger partial charge in [-0.15, -0.1) is 0 Å². The van der Waals surface area contributed by atoms with E-state index in [1.54, 1.807) is 0 Å². The van der Waals surface area contributed by atoms with Crippen LogP contribution in [-0.2, 0) is 5.54 Å². The van der Waals surface area contributed by atoms with Gasteiger partial charge in [0.05, 0.1) is 6.07 Å². The van der Waals surface area contributed by atoms with Crippen LogP contribution in [0.3, 0.4) is 0 Å². The predicted octanol–water partition coefficient (Wildman–Crippen LogP) is 1.90. The Morgan fingerprint density at radius 1 is 1.14 bits per heavy atom. The highest BCUT2D eigenvalue weighted by molar-refractivity contribution is 5.32. The molecule has 0 amide bonds. The number of hydrogen-bond donors (Lipinski definition) is 1. The van der Waals surface area contributed by atoms with Gasteiger partial charge >= 0.3 is 0 Å². The molecule has 0 aliphatic carbocycles. The smallest absolute Gasteiger partial charge is 0.145 e. The summed E-state index contributed by atoms with van der Waals surface area (Å²) in [5.74, 6) is 0. The molecule has 0 heterocycles. The molecule has 1 atom stereocenters. The van der Waals surface area contributed by atoms with E-state index in [9.17, 15) is 5.26 Å². The molecule has 4 nitrogen and oxygen atoms in total. The highest BCUT2D eigenvalue weighted by Gasteiger charge is 2.33. The van der Waals surface area contributed by atoms with E-state index in [0.717, 1.165) is 18.7 Å². The van der Waals surface area contributed by atoms with Crippen LogP contribution in [0.2, 0.25) is 0 Å². The van der Waals surface area contributed by atoms with Gasteiger partial charge in [0.1, 0.15) is 5.54 Å². The molecule has 1 unspecified atom stereocenters. The molecule has 0 radical (unpaired) electrons. The van der Waals surface area contributed by atoms with E-state index in [1.807, 2.05) is 30.3 Å². The molecule has 1 aromatic carbocycles. The van der Waals surface area contributed by atoms with E-state index in [1.165, 1.54) is 0 Å². The Hall–Kier alpha value is -1.41. The first-order valence-electron chi connectivity index (χ1n) is 7.47. The molecule has 0 fully saturated rings. The largest absolute Gasteiger partial charge is 0.308 e. The maximum atomic E-state index is 9.86. The molecule has 4 heteroatoms. The van der Waals surface area contributed by atoms with Crippen molar-refractivity contribution in [3.8, 4) is 6.07 Å². The fraction of sp³-hybridized carbons (Fsp3) is 0.588. The van der Waals surface area contributed by atoms with Gasteiger partial charge in [0.15, 0.2) is 0 Å². The van der Waals surface area contributed by atoms with Gasteiger partial charge in [-0.25, -0.2) is 0 Å². The van der Waals surface area contributed by atoms with Gasteiger partial charge in [-0.3, -0.25) is 5.32 Å². The molecule has 116 valence electrons. The third-order valence-corrected chi connectivity index (χ3v) is 3.43. The molecule has 0 saturated carbocycles. The van der Waals surface area contributed by atoms with Crippen molar-refractivity contribution in [1.29, 1.82) is 5.26 Å². The highest BCUT2D eigenvalue weighted by atomic mass is 15.2. The summed E-state index contributed by atoms with van der Waals surface area (Å²) in [5.41, 5.74) is 0.356. The normalized spacial score (nSPS) is 14.4. The van der Waals surface area contributed by atoms with Crippen LogP contribution in [0.25, 0.3) is 0 Å². The third-order valence-electron chi connectivity index (χ3n) is 3.43. The summed E-state index contributed by atoms with van der Waals surface area (Å²) in [7, 11) is 6.20. The van der Waals surface area contributed by atoms with Crippen LogP contribution < -0.4 is 5.32 Å². The Morgan fingerprint density at radius 3 is 2.24 bits per heavy atom. The van der Waals surface area contributed by atoms with E-state index in [2.05, 4.69) is 56.2 Å². The lowest BCUT2D eigenvalue weighted by Gasteiger charge is -2.34. The van der Waals surface area contributed by atoms with Crippen molar-refractivity contribution in [3.05, 3.63) is 35.9 Å². The van der Waals surface area contributed by atoms with Crippen molar-refractivity contribution < 1.29 is 0 Å². The quantitative estimate of drug-likeness (QED) is 0.793. The number of benzene rings is 1. The van der Waals surface area contributed by atoms with E-state index in [4.69, 9.17) is 0 Å². The average molecular weight is 288 g/mol. The molecular formula is C17H28N4. The topological polar surface area (TPSA) is 42.3 Å².